The van der Waals surface area contributed by atoms with Crippen LogP contribution in [0.1, 0.15) is 63.6 Å². The Kier molecular flexibility index (Phi) is 7.92. The Morgan fingerprint density at radius 1 is 0.923 bits per heavy atom. The van der Waals surface area contributed by atoms with E-state index in [0.29, 0.717) is 17.6 Å². The molecule has 0 radical (unpaired) electrons. The molecule has 2 N–H and O–H groups in total. The monoisotopic (exact) mass is 370 g/mol. The fourth-order valence-electron chi connectivity index (χ4n) is 2.84. The SMILES string of the molecule is CCOc1ccc(NC(=S)NC(CC)c2ccc(C(C)CC)cc2)cc1. The summed E-state index contributed by atoms with van der Waals surface area (Å²) in [4.78, 5) is 0. The van der Waals surface area contributed by atoms with Gasteiger partial charge in [0.05, 0.1) is 12.6 Å². The highest BCUT2D eigenvalue weighted by Gasteiger charge is 2.12. The Morgan fingerprint density at radius 3 is 2.08 bits per heavy atom. The molecule has 2 atom stereocenters. The van der Waals surface area contributed by atoms with Crippen LogP contribution in [0.15, 0.2) is 48.5 Å². The summed E-state index contributed by atoms with van der Waals surface area (Å²) in [5.41, 5.74) is 3.60. The van der Waals surface area contributed by atoms with E-state index in [9.17, 15) is 0 Å². The maximum absolute atomic E-state index is 5.50. The third kappa shape index (κ3) is 5.73. The number of hydrogen-bond acceptors (Lipinski definition) is 2. The van der Waals surface area contributed by atoms with Crippen molar-refractivity contribution in [3.05, 3.63) is 59.7 Å². The molecule has 3 nitrogen and oxygen atoms in total. The second kappa shape index (κ2) is 10.2. The zero-order chi connectivity index (χ0) is 18.9. The van der Waals surface area contributed by atoms with E-state index in [-0.39, 0.29) is 6.04 Å². The van der Waals surface area contributed by atoms with Crippen LogP contribution >= 0.6 is 12.2 Å². The highest BCUT2D eigenvalue weighted by molar-refractivity contribution is 7.80. The first-order chi connectivity index (χ1) is 12.6. The summed E-state index contributed by atoms with van der Waals surface area (Å²) in [6.45, 7) is 9.30. The van der Waals surface area contributed by atoms with Crippen molar-refractivity contribution in [3.8, 4) is 5.75 Å². The Labute approximate surface area is 163 Å². The lowest BCUT2D eigenvalue weighted by Gasteiger charge is -2.21. The van der Waals surface area contributed by atoms with Gasteiger partial charge >= 0.3 is 0 Å². The Hall–Kier alpha value is -2.07. The van der Waals surface area contributed by atoms with Crippen LogP contribution < -0.4 is 15.4 Å². The minimum Gasteiger partial charge on any atom is -0.494 e. The van der Waals surface area contributed by atoms with Gasteiger partial charge in [0.15, 0.2) is 5.11 Å². The van der Waals surface area contributed by atoms with Gasteiger partial charge in [-0.15, -0.1) is 0 Å². The third-order valence-electron chi connectivity index (χ3n) is 4.66. The van der Waals surface area contributed by atoms with E-state index in [1.54, 1.807) is 0 Å². The van der Waals surface area contributed by atoms with Crippen LogP contribution in [0.3, 0.4) is 0 Å². The molecule has 2 rings (SSSR count). The molecule has 0 saturated carbocycles. The van der Waals surface area contributed by atoms with E-state index in [2.05, 4.69) is 55.7 Å². The molecule has 0 fully saturated rings. The normalized spacial score (nSPS) is 12.9. The van der Waals surface area contributed by atoms with Crippen LogP contribution in [0, 0.1) is 0 Å². The summed E-state index contributed by atoms with van der Waals surface area (Å²) in [5, 5.41) is 7.30. The lowest BCUT2D eigenvalue weighted by molar-refractivity contribution is 0.340. The molecule has 0 aliphatic heterocycles. The van der Waals surface area contributed by atoms with Crippen molar-refractivity contribution in [3.63, 3.8) is 0 Å². The average Bonchev–Trinajstić information content (AvgIpc) is 2.67. The van der Waals surface area contributed by atoms with Crippen molar-refractivity contribution < 1.29 is 4.74 Å². The molecule has 2 aromatic carbocycles. The van der Waals surface area contributed by atoms with Gasteiger partial charge in [-0.25, -0.2) is 0 Å². The molecule has 0 spiro atoms. The number of anilines is 1. The zero-order valence-corrected chi connectivity index (χ0v) is 17.0. The minimum absolute atomic E-state index is 0.198. The smallest absolute Gasteiger partial charge is 0.171 e. The summed E-state index contributed by atoms with van der Waals surface area (Å²) in [7, 11) is 0. The molecule has 26 heavy (non-hydrogen) atoms. The molecule has 0 bridgehead atoms. The van der Waals surface area contributed by atoms with Crippen molar-refractivity contribution in [2.24, 2.45) is 0 Å². The van der Waals surface area contributed by atoms with Crippen molar-refractivity contribution in [2.75, 3.05) is 11.9 Å². The van der Waals surface area contributed by atoms with Gasteiger partial charge in [-0.1, -0.05) is 45.0 Å². The van der Waals surface area contributed by atoms with Gasteiger partial charge in [-0.3, -0.25) is 0 Å². The van der Waals surface area contributed by atoms with E-state index in [4.69, 9.17) is 17.0 Å². The quantitative estimate of drug-likeness (QED) is 0.555. The molecule has 4 heteroatoms. The molecule has 0 amide bonds. The number of rotatable bonds is 8. The van der Waals surface area contributed by atoms with Gasteiger partial charge in [-0.05, 0) is 73.3 Å². The summed E-state index contributed by atoms with van der Waals surface area (Å²) < 4.78 is 5.46. The van der Waals surface area contributed by atoms with Gasteiger partial charge in [0.25, 0.3) is 0 Å². The molecule has 2 aromatic rings. The number of thiocarbonyl (C=S) groups is 1. The fraction of sp³-hybridized carbons (Fsp3) is 0.409. The molecule has 0 aliphatic carbocycles. The topological polar surface area (TPSA) is 33.3 Å². The first kappa shape index (κ1) is 20.2. The van der Waals surface area contributed by atoms with Crippen LogP contribution in [-0.4, -0.2) is 11.7 Å². The fourth-order valence-corrected chi connectivity index (χ4v) is 3.10. The van der Waals surface area contributed by atoms with E-state index in [1.807, 2.05) is 31.2 Å². The summed E-state index contributed by atoms with van der Waals surface area (Å²) in [6.07, 6.45) is 2.12. The Morgan fingerprint density at radius 2 is 1.54 bits per heavy atom. The van der Waals surface area contributed by atoms with Crippen LogP contribution in [0.25, 0.3) is 0 Å². The Balaban J connectivity index is 1.96. The first-order valence-electron chi connectivity index (χ1n) is 9.47. The third-order valence-corrected chi connectivity index (χ3v) is 4.88. The van der Waals surface area contributed by atoms with E-state index >= 15 is 0 Å². The number of nitrogens with one attached hydrogen (secondary N) is 2. The standard InChI is InChI=1S/C22H30N2OS/c1-5-16(4)17-8-10-18(11-9-17)21(6-2)24-22(26)23-19-12-14-20(15-13-19)25-7-3/h8-16,21H,5-7H2,1-4H3,(H2,23,24,26). The summed E-state index contributed by atoms with van der Waals surface area (Å²) in [5.74, 6) is 1.46. The van der Waals surface area contributed by atoms with Crippen molar-refractivity contribution >= 4 is 23.0 Å². The van der Waals surface area contributed by atoms with Crippen LogP contribution in [-0.2, 0) is 0 Å². The molecular weight excluding hydrogens is 340 g/mol. The summed E-state index contributed by atoms with van der Waals surface area (Å²) in [6, 6.07) is 16.9. The lowest BCUT2D eigenvalue weighted by atomic mass is 9.95. The molecule has 0 saturated heterocycles. The Bertz CT molecular complexity index is 682. The van der Waals surface area contributed by atoms with E-state index in [1.165, 1.54) is 11.1 Å². The van der Waals surface area contributed by atoms with Gasteiger partial charge < -0.3 is 15.4 Å². The molecule has 0 heterocycles. The lowest BCUT2D eigenvalue weighted by Crippen LogP contribution is -2.32. The van der Waals surface area contributed by atoms with Crippen LogP contribution in [0.5, 0.6) is 5.75 Å². The molecule has 140 valence electrons. The average molecular weight is 371 g/mol. The minimum atomic E-state index is 0.198. The second-order valence-corrected chi connectivity index (χ2v) is 6.90. The molecular formula is C22H30N2OS. The number of benzene rings is 2. The van der Waals surface area contributed by atoms with Crippen LogP contribution in [0.4, 0.5) is 5.69 Å². The van der Waals surface area contributed by atoms with E-state index < -0.39 is 0 Å². The number of hydrogen-bond donors (Lipinski definition) is 2. The maximum Gasteiger partial charge on any atom is 0.171 e. The van der Waals surface area contributed by atoms with Gasteiger partial charge in [0.2, 0.25) is 0 Å². The van der Waals surface area contributed by atoms with Crippen LogP contribution in [0.2, 0.25) is 0 Å². The highest BCUT2D eigenvalue weighted by atomic mass is 32.1. The second-order valence-electron chi connectivity index (χ2n) is 6.49. The van der Waals surface area contributed by atoms with Gasteiger partial charge in [0, 0.05) is 5.69 Å². The van der Waals surface area contributed by atoms with Crippen molar-refractivity contribution in [1.82, 2.24) is 5.32 Å². The van der Waals surface area contributed by atoms with Crippen molar-refractivity contribution in [1.29, 1.82) is 0 Å². The van der Waals surface area contributed by atoms with Gasteiger partial charge in [-0.2, -0.15) is 0 Å². The molecule has 0 aliphatic rings. The van der Waals surface area contributed by atoms with E-state index in [0.717, 1.165) is 24.3 Å². The van der Waals surface area contributed by atoms with Crippen molar-refractivity contribution in [2.45, 2.75) is 52.5 Å². The predicted octanol–water partition coefficient (Wildman–Crippen LogP) is 6.04. The predicted molar refractivity (Wildman–Crippen MR) is 115 cm³/mol. The molecule has 2 unspecified atom stereocenters. The first-order valence-corrected chi connectivity index (χ1v) is 9.88. The molecule has 0 aromatic heterocycles. The number of ether oxygens (including phenoxy) is 1. The largest absolute Gasteiger partial charge is 0.494 e. The maximum atomic E-state index is 5.50. The highest BCUT2D eigenvalue weighted by Crippen LogP contribution is 2.23. The van der Waals surface area contributed by atoms with Gasteiger partial charge in [0.1, 0.15) is 5.75 Å². The zero-order valence-electron chi connectivity index (χ0n) is 16.2. The summed E-state index contributed by atoms with van der Waals surface area (Å²) >= 11 is 5.50.